The Morgan fingerprint density at radius 1 is 0.897 bits per heavy atom. The van der Waals surface area contributed by atoms with E-state index in [2.05, 4.69) is 4.90 Å². The van der Waals surface area contributed by atoms with Crippen molar-refractivity contribution >= 4 is 40.9 Å². The van der Waals surface area contributed by atoms with Crippen molar-refractivity contribution in [3.8, 4) is 0 Å². The van der Waals surface area contributed by atoms with Crippen LogP contribution in [0.4, 0.5) is 0 Å². The standard InChI is InChI=1S/C21H19Cl2N3O3/c22-15-6-5-14(18(23)11-15)12-24-7-9-25(10-8-24)19(27)13-26-20(28)16-3-1-2-4-17(16)21(26)29/h1-6,11H,7-10,12-13H2. The molecule has 29 heavy (non-hydrogen) atoms. The first-order chi connectivity index (χ1) is 13.9. The van der Waals surface area contributed by atoms with Crippen LogP contribution >= 0.6 is 23.2 Å². The summed E-state index contributed by atoms with van der Waals surface area (Å²) >= 11 is 12.2. The third-order valence-electron chi connectivity index (χ3n) is 5.31. The molecular weight excluding hydrogens is 413 g/mol. The smallest absolute Gasteiger partial charge is 0.262 e. The molecule has 150 valence electrons. The molecular formula is C21H19Cl2N3O3. The molecule has 0 saturated carbocycles. The highest BCUT2D eigenvalue weighted by Gasteiger charge is 2.37. The summed E-state index contributed by atoms with van der Waals surface area (Å²) in [6.07, 6.45) is 0. The van der Waals surface area contributed by atoms with Crippen LogP contribution in [0.15, 0.2) is 42.5 Å². The molecule has 0 spiro atoms. The van der Waals surface area contributed by atoms with E-state index in [0.29, 0.717) is 53.9 Å². The van der Waals surface area contributed by atoms with Gasteiger partial charge in [-0.1, -0.05) is 41.4 Å². The van der Waals surface area contributed by atoms with Crippen LogP contribution in [0.25, 0.3) is 0 Å². The second kappa shape index (κ2) is 8.14. The predicted octanol–water partition coefficient (Wildman–Crippen LogP) is 2.93. The van der Waals surface area contributed by atoms with Crippen LogP contribution in [-0.4, -0.2) is 65.1 Å². The summed E-state index contributed by atoms with van der Waals surface area (Å²) in [4.78, 5) is 42.5. The zero-order valence-electron chi connectivity index (χ0n) is 15.6. The normalized spacial score (nSPS) is 17.0. The van der Waals surface area contributed by atoms with Crippen molar-refractivity contribution in [3.63, 3.8) is 0 Å². The maximum absolute atomic E-state index is 12.7. The highest BCUT2D eigenvalue weighted by Crippen LogP contribution is 2.24. The van der Waals surface area contributed by atoms with Gasteiger partial charge in [0.05, 0.1) is 11.1 Å². The van der Waals surface area contributed by atoms with Crippen molar-refractivity contribution in [2.24, 2.45) is 0 Å². The Kier molecular flexibility index (Phi) is 5.58. The fourth-order valence-electron chi connectivity index (χ4n) is 3.66. The van der Waals surface area contributed by atoms with Crippen molar-refractivity contribution < 1.29 is 14.4 Å². The second-order valence-electron chi connectivity index (χ2n) is 7.13. The lowest BCUT2D eigenvalue weighted by Gasteiger charge is -2.35. The van der Waals surface area contributed by atoms with E-state index >= 15 is 0 Å². The van der Waals surface area contributed by atoms with E-state index in [1.807, 2.05) is 12.1 Å². The van der Waals surface area contributed by atoms with Gasteiger partial charge in [-0.15, -0.1) is 0 Å². The number of rotatable bonds is 4. The fraction of sp³-hybridized carbons (Fsp3) is 0.286. The van der Waals surface area contributed by atoms with Crippen LogP contribution in [0.5, 0.6) is 0 Å². The number of piperazine rings is 1. The van der Waals surface area contributed by atoms with Gasteiger partial charge >= 0.3 is 0 Å². The summed E-state index contributed by atoms with van der Waals surface area (Å²) in [5.41, 5.74) is 1.70. The molecule has 3 amide bonds. The molecule has 2 aliphatic heterocycles. The van der Waals surface area contributed by atoms with E-state index in [1.54, 1.807) is 35.2 Å². The Labute approximate surface area is 178 Å². The first-order valence-electron chi connectivity index (χ1n) is 9.33. The molecule has 0 atom stereocenters. The molecule has 2 heterocycles. The summed E-state index contributed by atoms with van der Waals surface area (Å²) in [5, 5.41) is 1.23. The van der Waals surface area contributed by atoms with Gasteiger partial charge in [0.1, 0.15) is 6.54 Å². The van der Waals surface area contributed by atoms with Crippen LogP contribution in [-0.2, 0) is 11.3 Å². The number of halogens is 2. The van der Waals surface area contributed by atoms with Gasteiger partial charge in [-0.25, -0.2) is 0 Å². The Bertz CT molecular complexity index is 952. The number of fused-ring (bicyclic) bond motifs is 1. The zero-order chi connectivity index (χ0) is 20.5. The quantitative estimate of drug-likeness (QED) is 0.698. The molecule has 8 heteroatoms. The molecule has 0 aromatic heterocycles. The third-order valence-corrected chi connectivity index (χ3v) is 5.89. The Balaban J connectivity index is 1.33. The summed E-state index contributed by atoms with van der Waals surface area (Å²) in [7, 11) is 0. The minimum absolute atomic E-state index is 0.219. The topological polar surface area (TPSA) is 60.9 Å². The van der Waals surface area contributed by atoms with Crippen LogP contribution in [0.3, 0.4) is 0 Å². The number of hydrogen-bond acceptors (Lipinski definition) is 4. The molecule has 4 rings (SSSR count). The summed E-state index contributed by atoms with van der Waals surface area (Å²) in [6.45, 7) is 2.89. The van der Waals surface area contributed by atoms with E-state index < -0.39 is 11.8 Å². The first-order valence-corrected chi connectivity index (χ1v) is 10.1. The lowest BCUT2D eigenvalue weighted by atomic mass is 10.1. The van der Waals surface area contributed by atoms with Crippen molar-refractivity contribution in [1.29, 1.82) is 0 Å². The number of carbonyl (C=O) groups excluding carboxylic acids is 3. The number of nitrogens with zero attached hydrogens (tertiary/aromatic N) is 3. The molecule has 1 saturated heterocycles. The number of imide groups is 1. The van der Waals surface area contributed by atoms with Gasteiger partial charge in [-0.3, -0.25) is 24.2 Å². The maximum Gasteiger partial charge on any atom is 0.262 e. The minimum Gasteiger partial charge on any atom is -0.339 e. The minimum atomic E-state index is -0.407. The van der Waals surface area contributed by atoms with Crippen molar-refractivity contribution in [1.82, 2.24) is 14.7 Å². The number of hydrogen-bond donors (Lipinski definition) is 0. The van der Waals surface area contributed by atoms with Crippen molar-refractivity contribution in [3.05, 3.63) is 69.2 Å². The van der Waals surface area contributed by atoms with E-state index in [9.17, 15) is 14.4 Å². The number of benzene rings is 2. The zero-order valence-corrected chi connectivity index (χ0v) is 17.1. The van der Waals surface area contributed by atoms with E-state index in [-0.39, 0.29) is 12.5 Å². The highest BCUT2D eigenvalue weighted by molar-refractivity contribution is 6.35. The van der Waals surface area contributed by atoms with E-state index in [4.69, 9.17) is 23.2 Å². The number of amides is 3. The molecule has 0 radical (unpaired) electrons. The fourth-order valence-corrected chi connectivity index (χ4v) is 4.13. The molecule has 2 aliphatic rings. The molecule has 6 nitrogen and oxygen atoms in total. The van der Waals surface area contributed by atoms with Gasteiger partial charge in [-0.05, 0) is 29.8 Å². The second-order valence-corrected chi connectivity index (χ2v) is 7.98. The van der Waals surface area contributed by atoms with Gasteiger partial charge in [0, 0.05) is 42.8 Å². The van der Waals surface area contributed by atoms with Gasteiger partial charge < -0.3 is 4.90 Å². The lowest BCUT2D eigenvalue weighted by molar-refractivity contribution is -0.133. The van der Waals surface area contributed by atoms with Gasteiger partial charge in [0.15, 0.2) is 0 Å². The third kappa shape index (κ3) is 4.01. The molecule has 2 aromatic carbocycles. The number of carbonyl (C=O) groups is 3. The molecule has 2 aromatic rings. The summed E-state index contributed by atoms with van der Waals surface area (Å²) < 4.78 is 0. The maximum atomic E-state index is 12.7. The Morgan fingerprint density at radius 2 is 1.52 bits per heavy atom. The largest absolute Gasteiger partial charge is 0.339 e. The SMILES string of the molecule is O=C(CN1C(=O)c2ccccc2C1=O)N1CCN(Cc2ccc(Cl)cc2Cl)CC1. The first kappa shape index (κ1) is 19.9. The van der Waals surface area contributed by atoms with Crippen molar-refractivity contribution in [2.45, 2.75) is 6.54 Å². The molecule has 0 unspecified atom stereocenters. The van der Waals surface area contributed by atoms with Crippen molar-refractivity contribution in [2.75, 3.05) is 32.7 Å². The summed E-state index contributed by atoms with van der Waals surface area (Å²) in [5.74, 6) is -1.03. The van der Waals surface area contributed by atoms with Gasteiger partial charge in [0.25, 0.3) is 11.8 Å². The monoisotopic (exact) mass is 431 g/mol. The highest BCUT2D eigenvalue weighted by atomic mass is 35.5. The Hall–Kier alpha value is -2.41. The molecule has 1 fully saturated rings. The van der Waals surface area contributed by atoms with E-state index in [0.717, 1.165) is 10.5 Å². The molecule has 0 N–H and O–H groups in total. The van der Waals surface area contributed by atoms with Crippen LogP contribution in [0, 0.1) is 0 Å². The molecule has 0 aliphatic carbocycles. The average molecular weight is 432 g/mol. The van der Waals surface area contributed by atoms with Gasteiger partial charge in [-0.2, -0.15) is 0 Å². The lowest BCUT2D eigenvalue weighted by Crippen LogP contribution is -2.51. The summed E-state index contributed by atoms with van der Waals surface area (Å²) in [6, 6.07) is 12.1. The van der Waals surface area contributed by atoms with E-state index in [1.165, 1.54) is 0 Å². The van der Waals surface area contributed by atoms with Crippen LogP contribution in [0.1, 0.15) is 26.3 Å². The van der Waals surface area contributed by atoms with Gasteiger partial charge in [0.2, 0.25) is 5.91 Å². The van der Waals surface area contributed by atoms with Crippen LogP contribution in [0.2, 0.25) is 10.0 Å². The average Bonchev–Trinajstić information content (AvgIpc) is 2.96. The molecule has 0 bridgehead atoms. The Morgan fingerprint density at radius 3 is 2.10 bits per heavy atom. The predicted molar refractivity (Wildman–Crippen MR) is 110 cm³/mol. The van der Waals surface area contributed by atoms with Crippen LogP contribution < -0.4 is 0 Å².